The zero-order valence-corrected chi connectivity index (χ0v) is 71.0. The van der Waals surface area contributed by atoms with Gasteiger partial charge < -0.3 is 33.8 Å². The van der Waals surface area contributed by atoms with Crippen molar-refractivity contribution in [3.8, 4) is 0 Å². The van der Waals surface area contributed by atoms with Crippen LogP contribution in [0.15, 0.2) is 0 Å². The van der Waals surface area contributed by atoms with Crippen molar-refractivity contribution in [1.82, 2.24) is 0 Å². The predicted molar refractivity (Wildman–Crippen MR) is 432 cm³/mol. The molecule has 624 valence electrons. The Labute approximate surface area is 645 Å². The van der Waals surface area contributed by atoms with Crippen molar-refractivity contribution in [3.05, 3.63) is 0 Å². The van der Waals surface area contributed by atoms with Crippen molar-refractivity contribution in [2.45, 2.75) is 471 Å². The predicted octanol–water partition coefficient (Wildman–Crippen LogP) is 26.1. The summed E-state index contributed by atoms with van der Waals surface area (Å²) in [5.74, 6) is 0.269. The van der Waals surface area contributed by atoms with Crippen LogP contribution in [0.1, 0.15) is 453 Å². The molecule has 105 heavy (non-hydrogen) atoms. The van der Waals surface area contributed by atoms with Crippen LogP contribution in [0, 0.1) is 17.8 Å². The lowest BCUT2D eigenvalue weighted by Gasteiger charge is -2.21. The SMILES string of the molecule is CCCCCCCCCCCCCCCCCCCC(=O)OC[C@H](COP(=O)(O)OC[C@@H](O)COP(=O)(O)OC[C@@H](COC(=O)CCCCCCCCCCC(C)C)OC(=O)CCCCCCCCCCCCCCC(C)C)OC(=O)CCCCCCCCCCCCCCCCCCCCC(C)CC. The zero-order chi connectivity index (χ0) is 77.2. The van der Waals surface area contributed by atoms with Gasteiger partial charge in [-0.2, -0.15) is 0 Å². The van der Waals surface area contributed by atoms with Gasteiger partial charge in [-0.05, 0) is 43.4 Å². The highest BCUT2D eigenvalue weighted by Crippen LogP contribution is 2.45. The number of phosphoric ester groups is 2. The zero-order valence-electron chi connectivity index (χ0n) is 69.2. The van der Waals surface area contributed by atoms with Crippen LogP contribution in [-0.2, 0) is 65.4 Å². The van der Waals surface area contributed by atoms with Crippen molar-refractivity contribution < 1.29 is 80.2 Å². The highest BCUT2D eigenvalue weighted by molar-refractivity contribution is 7.47. The molecular formula is C86H168O17P2. The molecule has 0 radical (unpaired) electrons. The average Bonchev–Trinajstić information content (AvgIpc) is 0.920. The Balaban J connectivity index is 5.24. The molecule has 0 aliphatic carbocycles. The molecule has 0 aromatic carbocycles. The summed E-state index contributed by atoms with van der Waals surface area (Å²) in [5.41, 5.74) is 0. The van der Waals surface area contributed by atoms with Crippen LogP contribution in [-0.4, -0.2) is 96.7 Å². The second kappa shape index (κ2) is 76.1. The molecule has 0 aliphatic heterocycles. The largest absolute Gasteiger partial charge is 0.472 e. The Hall–Kier alpha value is -1.94. The standard InChI is InChI=1S/C86H168O17P2/c1-8-10-11-12-13-14-15-16-17-20-24-27-33-38-46-53-60-67-83(88)96-73-81(102-85(90)69-62-55-48-39-34-28-25-22-19-18-21-23-26-32-37-45-52-59-66-79(7)9-2)75-100-104(92,93)98-71-80(87)72-99-105(94,95)101-76-82(74-97-84(89)68-61-54-47-42-41-44-51-58-65-78(5)6)103-86(91)70-63-56-49-40-35-30-29-31-36-43-50-57-64-77(3)4/h77-82,87H,8-76H2,1-7H3,(H,92,93)(H,94,95)/t79?,80-,81-,82-/m1/s1. The third-order valence-corrected chi connectivity index (χ3v) is 22.4. The van der Waals surface area contributed by atoms with Crippen LogP contribution in [0.2, 0.25) is 0 Å². The summed E-state index contributed by atoms with van der Waals surface area (Å²) >= 11 is 0. The lowest BCUT2D eigenvalue weighted by molar-refractivity contribution is -0.161. The maximum atomic E-state index is 13.1. The van der Waals surface area contributed by atoms with E-state index in [4.69, 9.17) is 37.0 Å². The van der Waals surface area contributed by atoms with Gasteiger partial charge in [-0.15, -0.1) is 0 Å². The van der Waals surface area contributed by atoms with Gasteiger partial charge in [0.15, 0.2) is 12.2 Å². The van der Waals surface area contributed by atoms with Crippen molar-refractivity contribution in [3.63, 3.8) is 0 Å². The molecule has 6 atom stereocenters. The molecule has 3 unspecified atom stereocenters. The number of aliphatic hydroxyl groups excluding tert-OH is 1. The third kappa shape index (κ3) is 78.5. The van der Waals surface area contributed by atoms with Crippen LogP contribution in [0.3, 0.4) is 0 Å². The number of ether oxygens (including phenoxy) is 4. The number of hydrogen-bond donors (Lipinski definition) is 3. The van der Waals surface area contributed by atoms with Crippen molar-refractivity contribution in [2.75, 3.05) is 39.6 Å². The smallest absolute Gasteiger partial charge is 0.462 e. The molecule has 0 fully saturated rings. The van der Waals surface area contributed by atoms with Crippen LogP contribution in [0.4, 0.5) is 0 Å². The maximum Gasteiger partial charge on any atom is 0.472 e. The summed E-state index contributed by atoms with van der Waals surface area (Å²) in [7, 11) is -9.93. The van der Waals surface area contributed by atoms with Crippen LogP contribution >= 0.6 is 15.6 Å². The second-order valence-electron chi connectivity index (χ2n) is 32.1. The van der Waals surface area contributed by atoms with E-state index in [1.165, 1.54) is 263 Å². The van der Waals surface area contributed by atoms with Crippen molar-refractivity contribution in [1.29, 1.82) is 0 Å². The van der Waals surface area contributed by atoms with E-state index in [1.54, 1.807) is 0 Å². The van der Waals surface area contributed by atoms with Crippen LogP contribution in [0.25, 0.3) is 0 Å². The Kier molecular flexibility index (Phi) is 74.7. The highest BCUT2D eigenvalue weighted by Gasteiger charge is 2.30. The number of hydrogen-bond acceptors (Lipinski definition) is 15. The third-order valence-electron chi connectivity index (χ3n) is 20.5. The Morgan fingerprint density at radius 1 is 0.276 bits per heavy atom. The van der Waals surface area contributed by atoms with Gasteiger partial charge in [0.2, 0.25) is 0 Å². The molecular weight excluding hydrogens is 1370 g/mol. The lowest BCUT2D eigenvalue weighted by atomic mass is 9.99. The van der Waals surface area contributed by atoms with E-state index in [2.05, 4.69) is 48.5 Å². The minimum Gasteiger partial charge on any atom is -0.462 e. The molecule has 0 saturated heterocycles. The van der Waals surface area contributed by atoms with Crippen molar-refractivity contribution in [2.24, 2.45) is 17.8 Å². The Bertz CT molecular complexity index is 2030. The summed E-state index contributed by atoms with van der Waals surface area (Å²) in [5, 5.41) is 10.7. The van der Waals surface area contributed by atoms with Crippen LogP contribution < -0.4 is 0 Å². The molecule has 3 N–H and O–H groups in total. The molecule has 0 saturated carbocycles. The summed E-state index contributed by atoms with van der Waals surface area (Å²) in [6, 6.07) is 0. The second-order valence-corrected chi connectivity index (χ2v) is 35.0. The number of rotatable bonds is 84. The van der Waals surface area contributed by atoms with Crippen LogP contribution in [0.5, 0.6) is 0 Å². The highest BCUT2D eigenvalue weighted by atomic mass is 31.2. The fourth-order valence-electron chi connectivity index (χ4n) is 13.3. The van der Waals surface area contributed by atoms with Gasteiger partial charge in [-0.3, -0.25) is 37.3 Å². The van der Waals surface area contributed by atoms with Gasteiger partial charge in [0.05, 0.1) is 26.4 Å². The number of carbonyl (C=O) groups excluding carboxylic acids is 4. The molecule has 0 bridgehead atoms. The van der Waals surface area contributed by atoms with Gasteiger partial charge in [-0.25, -0.2) is 9.13 Å². The summed E-state index contributed by atoms with van der Waals surface area (Å²) in [4.78, 5) is 73.2. The number of aliphatic hydroxyl groups is 1. The number of phosphoric acid groups is 2. The number of unbranched alkanes of at least 4 members (excludes halogenated alkanes) is 51. The summed E-state index contributed by atoms with van der Waals surface area (Å²) < 4.78 is 68.9. The molecule has 17 nitrogen and oxygen atoms in total. The van der Waals surface area contributed by atoms with Gasteiger partial charge in [0.25, 0.3) is 0 Å². The van der Waals surface area contributed by atoms with Gasteiger partial charge in [0, 0.05) is 25.7 Å². The van der Waals surface area contributed by atoms with Crippen molar-refractivity contribution >= 4 is 39.5 Å². The van der Waals surface area contributed by atoms with E-state index >= 15 is 0 Å². The van der Waals surface area contributed by atoms with Gasteiger partial charge >= 0.3 is 39.5 Å². The monoisotopic (exact) mass is 1540 g/mol. The molecule has 0 rings (SSSR count). The first-order valence-corrected chi connectivity index (χ1v) is 47.4. The first-order chi connectivity index (χ1) is 50.8. The van der Waals surface area contributed by atoms with E-state index in [0.29, 0.717) is 25.7 Å². The summed E-state index contributed by atoms with van der Waals surface area (Å²) in [6.45, 7) is 12.0. The fourth-order valence-corrected chi connectivity index (χ4v) is 14.9. The Morgan fingerprint density at radius 3 is 0.724 bits per heavy atom. The Morgan fingerprint density at radius 2 is 0.486 bits per heavy atom. The number of carbonyl (C=O) groups is 4. The molecule has 19 heteroatoms. The first-order valence-electron chi connectivity index (χ1n) is 44.4. The molecule has 0 aromatic rings. The quantitative estimate of drug-likeness (QED) is 0.0222. The molecule has 0 heterocycles. The fraction of sp³-hybridized carbons (Fsp3) is 0.953. The maximum absolute atomic E-state index is 13.1. The normalized spacial score (nSPS) is 14.1. The van der Waals surface area contributed by atoms with Gasteiger partial charge in [0.1, 0.15) is 19.3 Å². The van der Waals surface area contributed by atoms with E-state index in [1.807, 2.05) is 0 Å². The van der Waals surface area contributed by atoms with E-state index in [0.717, 1.165) is 108 Å². The van der Waals surface area contributed by atoms with Gasteiger partial charge in [-0.1, -0.05) is 402 Å². The average molecular weight is 1540 g/mol. The van der Waals surface area contributed by atoms with E-state index in [9.17, 15) is 43.2 Å². The lowest BCUT2D eigenvalue weighted by Crippen LogP contribution is -2.30. The van der Waals surface area contributed by atoms with E-state index in [-0.39, 0.29) is 25.7 Å². The molecule has 0 amide bonds. The molecule has 0 spiro atoms. The first kappa shape index (κ1) is 103. The van der Waals surface area contributed by atoms with E-state index < -0.39 is 97.5 Å². The topological polar surface area (TPSA) is 237 Å². The molecule has 0 aromatic heterocycles. The minimum atomic E-state index is -4.97. The molecule has 0 aliphatic rings. The number of esters is 4. The summed E-state index contributed by atoms with van der Waals surface area (Å²) in [6.07, 6.45) is 66.6. The minimum absolute atomic E-state index is 0.106.